The number of benzene rings is 1. The third kappa shape index (κ3) is 2.24. The molecule has 0 aliphatic carbocycles. The number of nitrogens with two attached hydrogens (primary N) is 1. The summed E-state index contributed by atoms with van der Waals surface area (Å²) in [6.07, 6.45) is 1.91. The molecule has 2 aromatic rings. The summed E-state index contributed by atoms with van der Waals surface area (Å²) in [4.78, 5) is 14.8. The van der Waals surface area contributed by atoms with Crippen LogP contribution in [-0.4, -0.2) is 23.6 Å². The molecule has 0 unspecified atom stereocenters. The summed E-state index contributed by atoms with van der Waals surface area (Å²) in [5.74, 6) is -0.435. The number of carbonyl (C=O) groups is 1. The molecule has 1 heterocycles. The molecule has 96 valence electrons. The zero-order valence-corrected chi connectivity index (χ0v) is 10.6. The Kier molecular flexibility index (Phi) is 3.67. The van der Waals surface area contributed by atoms with Crippen LogP contribution >= 0.6 is 0 Å². The Labute approximate surface area is 106 Å². The van der Waals surface area contributed by atoms with E-state index in [1.54, 1.807) is 6.92 Å². The molecule has 2 rings (SSSR count). The van der Waals surface area contributed by atoms with Gasteiger partial charge in [0.2, 0.25) is 0 Å². The minimum absolute atomic E-state index is 0.0831. The van der Waals surface area contributed by atoms with Gasteiger partial charge in [-0.25, -0.2) is 0 Å². The van der Waals surface area contributed by atoms with Crippen LogP contribution in [0.5, 0.6) is 0 Å². The van der Waals surface area contributed by atoms with E-state index in [1.807, 2.05) is 37.4 Å². The first-order valence-electron chi connectivity index (χ1n) is 6.13. The number of fused-ring (bicyclic) bond motifs is 1. The quantitative estimate of drug-likeness (QED) is 0.812. The van der Waals surface area contributed by atoms with E-state index < -0.39 is 6.04 Å². The Morgan fingerprint density at radius 2 is 2.17 bits per heavy atom. The lowest BCUT2D eigenvalue weighted by Crippen LogP contribution is -2.37. The maximum absolute atomic E-state index is 11.7. The van der Waals surface area contributed by atoms with E-state index in [0.29, 0.717) is 6.61 Å². The van der Waals surface area contributed by atoms with Gasteiger partial charge in [0.15, 0.2) is 0 Å². The Morgan fingerprint density at radius 3 is 2.89 bits per heavy atom. The predicted molar refractivity (Wildman–Crippen MR) is 71.3 cm³/mol. The van der Waals surface area contributed by atoms with Crippen LogP contribution in [-0.2, 0) is 9.53 Å². The fourth-order valence-corrected chi connectivity index (χ4v) is 2.11. The van der Waals surface area contributed by atoms with Gasteiger partial charge in [-0.05, 0) is 18.6 Å². The number of esters is 1. The van der Waals surface area contributed by atoms with Crippen molar-refractivity contribution in [1.29, 1.82) is 0 Å². The monoisotopic (exact) mass is 246 g/mol. The largest absolute Gasteiger partial charge is 0.465 e. The van der Waals surface area contributed by atoms with Crippen molar-refractivity contribution in [3.63, 3.8) is 0 Å². The maximum Gasteiger partial charge on any atom is 0.323 e. The molecular weight excluding hydrogens is 228 g/mol. The Hall–Kier alpha value is -1.81. The molecule has 2 atom stereocenters. The van der Waals surface area contributed by atoms with E-state index in [0.717, 1.165) is 16.5 Å². The summed E-state index contributed by atoms with van der Waals surface area (Å²) in [5.41, 5.74) is 8.04. The fourth-order valence-electron chi connectivity index (χ4n) is 2.11. The molecule has 0 bridgehead atoms. The summed E-state index contributed by atoms with van der Waals surface area (Å²) < 4.78 is 4.96. The maximum atomic E-state index is 11.7. The van der Waals surface area contributed by atoms with Gasteiger partial charge in [-0.3, -0.25) is 4.79 Å². The molecule has 0 radical (unpaired) electrons. The molecule has 18 heavy (non-hydrogen) atoms. The van der Waals surface area contributed by atoms with Crippen LogP contribution in [0.1, 0.15) is 25.3 Å². The zero-order valence-electron chi connectivity index (χ0n) is 10.6. The minimum Gasteiger partial charge on any atom is -0.465 e. The SMILES string of the molecule is CCOC(=O)[C@H](N)[C@H](C)c1c[nH]c2ccccc12. The molecule has 0 saturated heterocycles. The summed E-state index contributed by atoms with van der Waals surface area (Å²) >= 11 is 0. The van der Waals surface area contributed by atoms with Crippen molar-refractivity contribution in [2.24, 2.45) is 5.73 Å². The smallest absolute Gasteiger partial charge is 0.323 e. The standard InChI is InChI=1S/C14H18N2O2/c1-3-18-14(17)13(15)9(2)11-8-16-12-7-5-4-6-10(11)12/h4-9,13,16H,3,15H2,1-2H3/t9-,13-/m1/s1. The second kappa shape index (κ2) is 5.23. The third-order valence-corrected chi connectivity index (χ3v) is 3.21. The Morgan fingerprint density at radius 1 is 1.44 bits per heavy atom. The fraction of sp³-hybridized carbons (Fsp3) is 0.357. The summed E-state index contributed by atoms with van der Waals surface area (Å²) in [7, 11) is 0. The van der Waals surface area contributed by atoms with Crippen LogP contribution in [0.25, 0.3) is 10.9 Å². The van der Waals surface area contributed by atoms with E-state index in [9.17, 15) is 4.79 Å². The lowest BCUT2D eigenvalue weighted by molar-refractivity contribution is -0.145. The number of hydrogen-bond acceptors (Lipinski definition) is 3. The van der Waals surface area contributed by atoms with E-state index in [-0.39, 0.29) is 11.9 Å². The van der Waals surface area contributed by atoms with E-state index in [4.69, 9.17) is 10.5 Å². The highest BCUT2D eigenvalue weighted by molar-refractivity contribution is 5.85. The first kappa shape index (κ1) is 12.6. The number of aromatic amines is 1. The number of hydrogen-bond donors (Lipinski definition) is 2. The zero-order chi connectivity index (χ0) is 13.1. The number of para-hydroxylation sites is 1. The molecule has 0 aliphatic rings. The second-order valence-corrected chi connectivity index (χ2v) is 4.36. The average molecular weight is 246 g/mol. The van der Waals surface area contributed by atoms with Crippen molar-refractivity contribution in [3.8, 4) is 0 Å². The van der Waals surface area contributed by atoms with Gasteiger partial charge in [-0.1, -0.05) is 25.1 Å². The van der Waals surface area contributed by atoms with E-state index in [2.05, 4.69) is 4.98 Å². The highest BCUT2D eigenvalue weighted by atomic mass is 16.5. The van der Waals surface area contributed by atoms with Gasteiger partial charge in [0.05, 0.1) is 6.61 Å². The number of carbonyl (C=O) groups excluding carboxylic acids is 1. The molecule has 1 aromatic heterocycles. The van der Waals surface area contributed by atoms with Crippen LogP contribution in [0.3, 0.4) is 0 Å². The Bertz CT molecular complexity index is 547. The van der Waals surface area contributed by atoms with Gasteiger partial charge in [0, 0.05) is 23.0 Å². The topological polar surface area (TPSA) is 68.1 Å². The van der Waals surface area contributed by atoms with Gasteiger partial charge in [0.1, 0.15) is 6.04 Å². The molecule has 0 spiro atoms. The van der Waals surface area contributed by atoms with Crippen LogP contribution < -0.4 is 5.73 Å². The number of H-pyrrole nitrogens is 1. The molecule has 4 heteroatoms. The highest BCUT2D eigenvalue weighted by Crippen LogP contribution is 2.27. The van der Waals surface area contributed by atoms with E-state index >= 15 is 0 Å². The normalized spacial score (nSPS) is 14.4. The third-order valence-electron chi connectivity index (χ3n) is 3.21. The molecular formula is C14H18N2O2. The van der Waals surface area contributed by atoms with Crippen molar-refractivity contribution in [2.45, 2.75) is 25.8 Å². The van der Waals surface area contributed by atoms with Gasteiger partial charge in [-0.15, -0.1) is 0 Å². The molecule has 3 N–H and O–H groups in total. The van der Waals surface area contributed by atoms with Crippen LogP contribution in [0, 0.1) is 0 Å². The molecule has 0 aliphatic heterocycles. The van der Waals surface area contributed by atoms with Gasteiger partial charge in [0.25, 0.3) is 0 Å². The lowest BCUT2D eigenvalue weighted by Gasteiger charge is -2.17. The minimum atomic E-state index is -0.635. The van der Waals surface area contributed by atoms with Gasteiger partial charge >= 0.3 is 5.97 Å². The number of nitrogens with one attached hydrogen (secondary N) is 1. The highest BCUT2D eigenvalue weighted by Gasteiger charge is 2.25. The van der Waals surface area contributed by atoms with Crippen molar-refractivity contribution < 1.29 is 9.53 Å². The van der Waals surface area contributed by atoms with Crippen LogP contribution in [0.4, 0.5) is 0 Å². The van der Waals surface area contributed by atoms with Crippen LogP contribution in [0.2, 0.25) is 0 Å². The van der Waals surface area contributed by atoms with Crippen molar-refractivity contribution in [3.05, 3.63) is 36.0 Å². The van der Waals surface area contributed by atoms with Crippen molar-refractivity contribution in [1.82, 2.24) is 4.98 Å². The summed E-state index contributed by atoms with van der Waals surface area (Å²) in [5, 5.41) is 1.10. The van der Waals surface area contributed by atoms with Crippen LogP contribution in [0.15, 0.2) is 30.5 Å². The molecule has 4 nitrogen and oxygen atoms in total. The molecule has 0 amide bonds. The second-order valence-electron chi connectivity index (χ2n) is 4.36. The molecule has 0 fully saturated rings. The first-order chi connectivity index (χ1) is 8.65. The summed E-state index contributed by atoms with van der Waals surface area (Å²) in [6, 6.07) is 7.34. The number of ether oxygens (including phenoxy) is 1. The summed E-state index contributed by atoms with van der Waals surface area (Å²) in [6.45, 7) is 4.07. The lowest BCUT2D eigenvalue weighted by atomic mass is 9.93. The van der Waals surface area contributed by atoms with Gasteiger partial charge in [-0.2, -0.15) is 0 Å². The number of aromatic nitrogens is 1. The molecule has 0 saturated carbocycles. The van der Waals surface area contributed by atoms with Crippen molar-refractivity contribution in [2.75, 3.05) is 6.61 Å². The van der Waals surface area contributed by atoms with E-state index in [1.165, 1.54) is 0 Å². The first-order valence-corrected chi connectivity index (χ1v) is 6.13. The number of rotatable bonds is 4. The average Bonchev–Trinajstić information content (AvgIpc) is 2.81. The molecule has 1 aromatic carbocycles. The predicted octanol–water partition coefficient (Wildman–Crippen LogP) is 2.16. The van der Waals surface area contributed by atoms with Gasteiger partial charge < -0.3 is 15.5 Å². The van der Waals surface area contributed by atoms with Crippen molar-refractivity contribution >= 4 is 16.9 Å². The Balaban J connectivity index is 2.28.